The highest BCUT2D eigenvalue weighted by molar-refractivity contribution is 6.40. The lowest BCUT2D eigenvalue weighted by molar-refractivity contribution is -0.145. The number of methoxy groups -OCH3 is 1. The number of anilines is 1. The summed E-state index contributed by atoms with van der Waals surface area (Å²) >= 11 is 12.4. The van der Waals surface area contributed by atoms with Gasteiger partial charge in [0.25, 0.3) is 11.8 Å². The Bertz CT molecular complexity index is 1120. The van der Waals surface area contributed by atoms with Gasteiger partial charge in [0.2, 0.25) is 0 Å². The summed E-state index contributed by atoms with van der Waals surface area (Å²) in [5, 5.41) is 2.22. The Kier molecular flexibility index (Phi) is 7.57. The molecule has 0 unspecified atom stereocenters. The van der Waals surface area contributed by atoms with Crippen molar-refractivity contribution < 1.29 is 33.4 Å². The summed E-state index contributed by atoms with van der Waals surface area (Å²) in [5.41, 5.74) is 0.240. The number of esters is 1. The van der Waals surface area contributed by atoms with Crippen LogP contribution in [-0.2, 0) is 19.1 Å². The van der Waals surface area contributed by atoms with E-state index in [1.54, 1.807) is 19.1 Å². The predicted molar refractivity (Wildman–Crippen MR) is 121 cm³/mol. The molecule has 3 rings (SSSR count). The second-order valence-electron chi connectivity index (χ2n) is 6.56. The Morgan fingerprint density at radius 1 is 1.09 bits per heavy atom. The van der Waals surface area contributed by atoms with Gasteiger partial charge in [-0.05, 0) is 55.0 Å². The van der Waals surface area contributed by atoms with Crippen LogP contribution in [0.4, 0.5) is 10.5 Å². The molecule has 0 aliphatic carbocycles. The van der Waals surface area contributed by atoms with Crippen LogP contribution in [-0.4, -0.2) is 44.1 Å². The molecule has 0 spiro atoms. The average Bonchev–Trinajstić information content (AvgIpc) is 2.76. The van der Waals surface area contributed by atoms with Crippen LogP contribution in [0.2, 0.25) is 10.0 Å². The van der Waals surface area contributed by atoms with Gasteiger partial charge in [0.05, 0.1) is 29.4 Å². The van der Waals surface area contributed by atoms with E-state index in [2.05, 4.69) is 5.32 Å². The van der Waals surface area contributed by atoms with Gasteiger partial charge in [0, 0.05) is 0 Å². The molecule has 11 heteroatoms. The highest BCUT2D eigenvalue weighted by Gasteiger charge is 2.36. The number of rotatable bonds is 7. The number of imide groups is 2. The zero-order valence-corrected chi connectivity index (χ0v) is 19.0. The summed E-state index contributed by atoms with van der Waals surface area (Å²) in [6, 6.07) is 8.08. The number of carbonyl (C=O) groups is 4. The van der Waals surface area contributed by atoms with Gasteiger partial charge in [-0.25, -0.2) is 14.5 Å². The van der Waals surface area contributed by atoms with E-state index in [4.69, 9.17) is 37.4 Å². The van der Waals surface area contributed by atoms with Gasteiger partial charge in [-0.2, -0.15) is 0 Å². The first-order chi connectivity index (χ1) is 15.7. The van der Waals surface area contributed by atoms with Crippen molar-refractivity contribution in [3.05, 3.63) is 57.6 Å². The zero-order chi connectivity index (χ0) is 24.1. The van der Waals surface area contributed by atoms with Gasteiger partial charge in [0.1, 0.15) is 11.3 Å². The van der Waals surface area contributed by atoms with Crippen molar-refractivity contribution in [2.24, 2.45) is 0 Å². The van der Waals surface area contributed by atoms with Crippen molar-refractivity contribution in [3.8, 4) is 11.5 Å². The van der Waals surface area contributed by atoms with Crippen molar-refractivity contribution >= 4 is 58.8 Å². The Hall–Kier alpha value is -3.56. The minimum absolute atomic E-state index is 0.0444. The number of halogens is 2. The van der Waals surface area contributed by atoms with Gasteiger partial charge >= 0.3 is 12.0 Å². The van der Waals surface area contributed by atoms with Crippen molar-refractivity contribution in [2.45, 2.75) is 6.92 Å². The summed E-state index contributed by atoms with van der Waals surface area (Å²) in [5.74, 6) is -1.72. The fourth-order valence-electron chi connectivity index (χ4n) is 2.92. The Labute approximate surface area is 198 Å². The van der Waals surface area contributed by atoms with Crippen LogP contribution >= 0.6 is 23.2 Å². The Balaban J connectivity index is 1.89. The molecule has 2 aromatic rings. The van der Waals surface area contributed by atoms with E-state index in [9.17, 15) is 19.2 Å². The molecule has 1 aliphatic heterocycles. The summed E-state index contributed by atoms with van der Waals surface area (Å²) in [4.78, 5) is 50.0. The molecule has 0 bridgehead atoms. The first-order valence-electron chi connectivity index (χ1n) is 9.58. The molecule has 2 aromatic carbocycles. The number of hydrogen-bond acceptors (Lipinski definition) is 7. The van der Waals surface area contributed by atoms with E-state index in [1.807, 2.05) is 0 Å². The monoisotopic (exact) mass is 492 g/mol. The van der Waals surface area contributed by atoms with Gasteiger partial charge in [-0.3, -0.25) is 14.9 Å². The van der Waals surface area contributed by atoms with E-state index < -0.39 is 30.4 Å². The van der Waals surface area contributed by atoms with Crippen LogP contribution in [0, 0.1) is 0 Å². The molecule has 1 aliphatic rings. The minimum atomic E-state index is -0.883. The first kappa shape index (κ1) is 24.1. The first-order valence-corrected chi connectivity index (χ1v) is 10.3. The van der Waals surface area contributed by atoms with E-state index in [0.29, 0.717) is 11.3 Å². The normalized spacial score (nSPS) is 14.8. The number of carbonyl (C=O) groups excluding carboxylic acids is 4. The molecule has 33 heavy (non-hydrogen) atoms. The SMILES string of the molecule is CCOC(=O)COc1c(Cl)cc(/C=C2\C(=O)NC(=O)N(c3ccc(OC)cc3)C2=O)cc1Cl. The van der Waals surface area contributed by atoms with Crippen molar-refractivity contribution in [3.63, 3.8) is 0 Å². The van der Waals surface area contributed by atoms with Crippen LogP contribution in [0.5, 0.6) is 11.5 Å². The van der Waals surface area contributed by atoms with Crippen molar-refractivity contribution in [1.82, 2.24) is 5.32 Å². The molecule has 4 amide bonds. The summed E-state index contributed by atoms with van der Waals surface area (Å²) < 4.78 is 15.2. The maximum Gasteiger partial charge on any atom is 0.344 e. The second-order valence-corrected chi connectivity index (χ2v) is 7.38. The second kappa shape index (κ2) is 10.4. The van der Waals surface area contributed by atoms with Crippen LogP contribution in [0.1, 0.15) is 12.5 Å². The van der Waals surface area contributed by atoms with Gasteiger partial charge in [-0.1, -0.05) is 23.2 Å². The van der Waals surface area contributed by atoms with E-state index in [1.165, 1.54) is 37.5 Å². The lowest BCUT2D eigenvalue weighted by Gasteiger charge is -2.26. The van der Waals surface area contributed by atoms with Crippen LogP contribution in [0.3, 0.4) is 0 Å². The number of nitrogens with zero attached hydrogens (tertiary/aromatic N) is 1. The molecule has 0 saturated carbocycles. The third-order valence-corrected chi connectivity index (χ3v) is 4.97. The number of barbiturate groups is 1. The number of amides is 4. The molecule has 1 saturated heterocycles. The van der Waals surface area contributed by atoms with E-state index in [-0.39, 0.29) is 33.7 Å². The average molecular weight is 493 g/mol. The summed E-state index contributed by atoms with van der Waals surface area (Å²) in [6.07, 6.45) is 1.24. The zero-order valence-electron chi connectivity index (χ0n) is 17.5. The summed E-state index contributed by atoms with van der Waals surface area (Å²) in [6.45, 7) is 1.46. The smallest absolute Gasteiger partial charge is 0.344 e. The number of urea groups is 1. The third-order valence-electron chi connectivity index (χ3n) is 4.40. The van der Waals surface area contributed by atoms with Gasteiger partial charge in [0.15, 0.2) is 12.4 Å². The number of benzene rings is 2. The Morgan fingerprint density at radius 3 is 2.30 bits per heavy atom. The van der Waals surface area contributed by atoms with E-state index >= 15 is 0 Å². The standard InChI is InChI=1S/C22H18Cl2N2O7/c1-3-32-18(27)11-33-19-16(23)9-12(10-17(19)24)8-15-20(28)25-22(30)26(21(15)29)13-4-6-14(31-2)7-5-13/h4-10H,3,11H2,1-2H3,(H,25,28,30)/b15-8+. The largest absolute Gasteiger partial charge is 0.497 e. The maximum absolute atomic E-state index is 13.0. The molecule has 0 atom stereocenters. The fraction of sp³-hybridized carbons (Fsp3) is 0.182. The molecule has 172 valence electrons. The molecule has 1 fully saturated rings. The quantitative estimate of drug-likeness (QED) is 0.356. The highest BCUT2D eigenvalue weighted by Crippen LogP contribution is 2.35. The Morgan fingerprint density at radius 2 is 1.73 bits per heavy atom. The highest BCUT2D eigenvalue weighted by atomic mass is 35.5. The van der Waals surface area contributed by atoms with Crippen molar-refractivity contribution in [1.29, 1.82) is 0 Å². The lowest BCUT2D eigenvalue weighted by atomic mass is 10.1. The molecule has 1 N–H and O–H groups in total. The summed E-state index contributed by atoms with van der Waals surface area (Å²) in [7, 11) is 1.48. The molecule has 0 aromatic heterocycles. The number of hydrogen-bond donors (Lipinski definition) is 1. The lowest BCUT2D eigenvalue weighted by Crippen LogP contribution is -2.54. The minimum Gasteiger partial charge on any atom is -0.497 e. The van der Waals surface area contributed by atoms with Gasteiger partial charge in [-0.15, -0.1) is 0 Å². The molecular weight excluding hydrogens is 475 g/mol. The van der Waals surface area contributed by atoms with Crippen LogP contribution in [0.15, 0.2) is 42.0 Å². The number of ether oxygens (including phenoxy) is 3. The molecule has 0 radical (unpaired) electrons. The third kappa shape index (κ3) is 5.44. The van der Waals surface area contributed by atoms with E-state index in [0.717, 1.165) is 4.90 Å². The molecular formula is C22H18Cl2N2O7. The molecule has 9 nitrogen and oxygen atoms in total. The predicted octanol–water partition coefficient (Wildman–Crippen LogP) is 3.61. The van der Waals surface area contributed by atoms with Crippen LogP contribution < -0.4 is 19.7 Å². The molecule has 1 heterocycles. The fourth-order valence-corrected chi connectivity index (χ4v) is 3.54. The van der Waals surface area contributed by atoms with Crippen molar-refractivity contribution in [2.75, 3.05) is 25.2 Å². The number of nitrogens with one attached hydrogen (secondary N) is 1. The topological polar surface area (TPSA) is 111 Å². The van der Waals surface area contributed by atoms with Crippen LogP contribution in [0.25, 0.3) is 6.08 Å². The maximum atomic E-state index is 13.0. The van der Waals surface area contributed by atoms with Gasteiger partial charge < -0.3 is 14.2 Å².